The van der Waals surface area contributed by atoms with Gasteiger partial charge in [0.15, 0.2) is 0 Å². The van der Waals surface area contributed by atoms with Crippen LogP contribution >= 0.6 is 0 Å². The third-order valence-electron chi connectivity index (χ3n) is 6.60. The first-order valence-electron chi connectivity index (χ1n) is 12.5. The second kappa shape index (κ2) is 11.2. The third kappa shape index (κ3) is 5.73. The number of nitrogens with one attached hydrogen (secondary N) is 1. The topological polar surface area (TPSA) is 70.5 Å². The van der Waals surface area contributed by atoms with Crippen LogP contribution in [0.3, 0.4) is 0 Å². The second-order valence-corrected chi connectivity index (χ2v) is 9.19. The molecule has 0 saturated carbocycles. The first-order chi connectivity index (χ1) is 17.0. The van der Waals surface area contributed by atoms with Crippen LogP contribution in [0.1, 0.15) is 60.4 Å². The average Bonchev–Trinajstić information content (AvgIpc) is 3.22. The van der Waals surface area contributed by atoms with Gasteiger partial charge in [0, 0.05) is 50.3 Å². The number of rotatable bonds is 9. The maximum atomic E-state index is 13.8. The predicted octanol–water partition coefficient (Wildman–Crippen LogP) is 4.60. The molecule has 0 spiro atoms. The van der Waals surface area contributed by atoms with Crippen LogP contribution in [-0.4, -0.2) is 43.8 Å². The van der Waals surface area contributed by atoms with E-state index in [1.807, 2.05) is 83.1 Å². The third-order valence-corrected chi connectivity index (χ3v) is 6.60. The van der Waals surface area contributed by atoms with Crippen LogP contribution in [0.2, 0.25) is 0 Å². The molecule has 0 fully saturated rings. The summed E-state index contributed by atoms with van der Waals surface area (Å²) < 4.78 is 1.94. The van der Waals surface area contributed by atoms with Gasteiger partial charge in [-0.25, -0.2) is 4.98 Å². The smallest absolute Gasteiger partial charge is 0.254 e. The average molecular weight is 474 g/mol. The molecule has 0 bridgehead atoms. The number of benzene rings is 2. The van der Waals surface area contributed by atoms with E-state index in [2.05, 4.69) is 17.2 Å². The Labute approximate surface area is 207 Å². The van der Waals surface area contributed by atoms with Gasteiger partial charge in [-0.05, 0) is 42.2 Å². The summed E-state index contributed by atoms with van der Waals surface area (Å²) >= 11 is 0. The Balaban J connectivity index is 1.63. The number of carbonyl (C=O) groups is 2. The van der Waals surface area contributed by atoms with E-state index in [0.717, 1.165) is 48.4 Å². The van der Waals surface area contributed by atoms with Gasteiger partial charge in [-0.15, -0.1) is 0 Å². The van der Waals surface area contributed by atoms with Crippen molar-refractivity contribution in [2.75, 3.05) is 11.9 Å². The molecule has 3 aromatic rings. The van der Waals surface area contributed by atoms with Gasteiger partial charge in [-0.1, -0.05) is 50.6 Å². The summed E-state index contributed by atoms with van der Waals surface area (Å²) in [7, 11) is 1.94. The van der Waals surface area contributed by atoms with Gasteiger partial charge in [0.2, 0.25) is 5.91 Å². The van der Waals surface area contributed by atoms with E-state index < -0.39 is 0 Å². The van der Waals surface area contributed by atoms with Crippen LogP contribution in [0, 0.1) is 0 Å². The van der Waals surface area contributed by atoms with E-state index in [1.165, 1.54) is 0 Å². The minimum Gasteiger partial charge on any atom is -0.373 e. The fourth-order valence-electron chi connectivity index (χ4n) is 4.47. The fourth-order valence-corrected chi connectivity index (χ4v) is 4.47. The molecule has 4 rings (SSSR count). The number of aromatic nitrogens is 2. The van der Waals surface area contributed by atoms with Gasteiger partial charge >= 0.3 is 0 Å². The normalized spacial score (nSPS) is 15.3. The summed E-state index contributed by atoms with van der Waals surface area (Å²) in [4.78, 5) is 35.1. The SMILES string of the molecule is CCCCN1Cc2cc(C(=O)N(Cc3ccccc3)Cc3nccn3C)ccc2N[C@@H](CC)C1=O. The van der Waals surface area contributed by atoms with Crippen molar-refractivity contribution >= 4 is 17.5 Å². The summed E-state index contributed by atoms with van der Waals surface area (Å²) in [5, 5.41) is 3.41. The summed E-state index contributed by atoms with van der Waals surface area (Å²) in [6, 6.07) is 15.5. The van der Waals surface area contributed by atoms with Gasteiger partial charge in [0.25, 0.3) is 5.91 Å². The highest BCUT2D eigenvalue weighted by Gasteiger charge is 2.28. The second-order valence-electron chi connectivity index (χ2n) is 9.19. The maximum absolute atomic E-state index is 13.8. The molecule has 0 saturated heterocycles. The van der Waals surface area contributed by atoms with Gasteiger partial charge in [-0.3, -0.25) is 9.59 Å². The van der Waals surface area contributed by atoms with E-state index >= 15 is 0 Å². The van der Waals surface area contributed by atoms with E-state index in [1.54, 1.807) is 6.20 Å². The van der Waals surface area contributed by atoms with Crippen molar-refractivity contribution in [3.8, 4) is 0 Å². The molecule has 7 nitrogen and oxygen atoms in total. The molecule has 0 radical (unpaired) electrons. The van der Waals surface area contributed by atoms with E-state index in [4.69, 9.17) is 0 Å². The van der Waals surface area contributed by atoms with E-state index in [-0.39, 0.29) is 17.9 Å². The summed E-state index contributed by atoms with van der Waals surface area (Å²) in [6.07, 6.45) is 6.35. The molecule has 7 heteroatoms. The van der Waals surface area contributed by atoms with Crippen molar-refractivity contribution in [2.45, 2.75) is 58.8 Å². The van der Waals surface area contributed by atoms with Crippen LogP contribution < -0.4 is 5.32 Å². The zero-order chi connectivity index (χ0) is 24.8. The minimum atomic E-state index is -0.243. The molecule has 35 heavy (non-hydrogen) atoms. The Morgan fingerprint density at radius 1 is 1.14 bits per heavy atom. The number of hydrogen-bond donors (Lipinski definition) is 1. The number of aryl methyl sites for hydroxylation is 1. The number of imidazole rings is 1. The molecular formula is C28H35N5O2. The highest BCUT2D eigenvalue weighted by atomic mass is 16.2. The lowest BCUT2D eigenvalue weighted by molar-refractivity contribution is -0.132. The lowest BCUT2D eigenvalue weighted by Crippen LogP contribution is -2.40. The van der Waals surface area contributed by atoms with Crippen molar-refractivity contribution in [1.82, 2.24) is 19.4 Å². The Morgan fingerprint density at radius 3 is 2.63 bits per heavy atom. The Morgan fingerprint density at radius 2 is 1.94 bits per heavy atom. The van der Waals surface area contributed by atoms with Crippen LogP contribution in [0.15, 0.2) is 60.9 Å². The van der Waals surface area contributed by atoms with Crippen molar-refractivity contribution in [3.63, 3.8) is 0 Å². The highest BCUT2D eigenvalue weighted by molar-refractivity contribution is 5.95. The van der Waals surface area contributed by atoms with Crippen LogP contribution in [-0.2, 0) is 31.5 Å². The first kappa shape index (κ1) is 24.5. The summed E-state index contributed by atoms with van der Waals surface area (Å²) in [5.41, 5.74) is 3.59. The van der Waals surface area contributed by atoms with Crippen molar-refractivity contribution in [2.24, 2.45) is 7.05 Å². The zero-order valence-electron chi connectivity index (χ0n) is 20.9. The molecule has 2 aromatic carbocycles. The molecule has 1 N–H and O–H groups in total. The highest BCUT2D eigenvalue weighted by Crippen LogP contribution is 2.27. The molecule has 0 unspecified atom stereocenters. The fraction of sp³-hybridized carbons (Fsp3) is 0.393. The van der Waals surface area contributed by atoms with Crippen LogP contribution in [0.25, 0.3) is 0 Å². The molecule has 1 atom stereocenters. The van der Waals surface area contributed by atoms with E-state index in [0.29, 0.717) is 25.2 Å². The zero-order valence-corrected chi connectivity index (χ0v) is 20.9. The standard InChI is InChI=1S/C28H35N5O2/c1-4-6-15-32-19-23-17-22(12-13-25(23)30-24(5-2)28(32)35)27(34)33(18-21-10-8-7-9-11-21)20-26-29-14-16-31(26)3/h7-14,16-17,24,30H,4-6,15,18-20H2,1-3H3/t24-/m0/s1. The van der Waals surface area contributed by atoms with Crippen molar-refractivity contribution < 1.29 is 9.59 Å². The number of anilines is 1. The predicted molar refractivity (Wildman–Crippen MR) is 138 cm³/mol. The number of nitrogens with zero attached hydrogens (tertiary/aromatic N) is 4. The monoisotopic (exact) mass is 473 g/mol. The molecule has 1 aromatic heterocycles. The quantitative estimate of drug-likeness (QED) is 0.493. The van der Waals surface area contributed by atoms with Crippen molar-refractivity contribution in [3.05, 3.63) is 83.4 Å². The number of amides is 2. The Bertz CT molecular complexity index is 1160. The molecule has 1 aliphatic rings. The van der Waals surface area contributed by atoms with Gasteiger partial charge in [0.05, 0.1) is 6.54 Å². The molecule has 184 valence electrons. The number of unbranched alkanes of at least 4 members (excludes halogenated alkanes) is 1. The minimum absolute atomic E-state index is 0.0534. The van der Waals surface area contributed by atoms with Crippen LogP contribution in [0.4, 0.5) is 5.69 Å². The van der Waals surface area contributed by atoms with Gasteiger partial charge in [0.1, 0.15) is 11.9 Å². The summed E-state index contributed by atoms with van der Waals surface area (Å²) in [6.45, 7) is 6.29. The molecule has 2 heterocycles. The van der Waals surface area contributed by atoms with Gasteiger partial charge in [-0.2, -0.15) is 0 Å². The maximum Gasteiger partial charge on any atom is 0.254 e. The van der Waals surface area contributed by atoms with Crippen molar-refractivity contribution in [1.29, 1.82) is 0 Å². The number of hydrogen-bond acceptors (Lipinski definition) is 4. The number of fused-ring (bicyclic) bond motifs is 1. The Hall–Kier alpha value is -3.61. The van der Waals surface area contributed by atoms with Gasteiger partial charge < -0.3 is 19.7 Å². The Kier molecular flexibility index (Phi) is 7.85. The van der Waals surface area contributed by atoms with Crippen LogP contribution in [0.5, 0.6) is 0 Å². The lowest BCUT2D eigenvalue weighted by Gasteiger charge is -2.24. The molecule has 2 amide bonds. The first-order valence-corrected chi connectivity index (χ1v) is 12.5. The molecule has 1 aliphatic heterocycles. The van der Waals surface area contributed by atoms with E-state index in [9.17, 15) is 9.59 Å². The largest absolute Gasteiger partial charge is 0.373 e. The molecular weight excluding hydrogens is 438 g/mol. The number of carbonyl (C=O) groups excluding carboxylic acids is 2. The lowest BCUT2D eigenvalue weighted by atomic mass is 10.1. The molecule has 0 aliphatic carbocycles. The summed E-state index contributed by atoms with van der Waals surface area (Å²) in [5.74, 6) is 0.903.